The van der Waals surface area contributed by atoms with Crippen LogP contribution in [-0.4, -0.2) is 32.7 Å². The molecule has 0 amide bonds. The van der Waals surface area contributed by atoms with Crippen LogP contribution in [0.5, 0.6) is 5.75 Å². The molecule has 0 atom stereocenters. The van der Waals surface area contributed by atoms with Crippen LogP contribution in [0, 0.1) is 0 Å². The molecule has 1 aromatic heterocycles. The van der Waals surface area contributed by atoms with Gasteiger partial charge in [0, 0.05) is 26.6 Å². The number of rotatable bonds is 9. The zero-order valence-electron chi connectivity index (χ0n) is 15.0. The summed E-state index contributed by atoms with van der Waals surface area (Å²) in [4.78, 5) is 4.24. The van der Waals surface area contributed by atoms with Gasteiger partial charge in [0.15, 0.2) is 5.96 Å². The molecule has 0 aliphatic heterocycles. The van der Waals surface area contributed by atoms with Crippen molar-refractivity contribution in [2.24, 2.45) is 4.99 Å². The van der Waals surface area contributed by atoms with Crippen LogP contribution in [0.2, 0.25) is 0 Å². The normalized spacial score (nSPS) is 10.9. The lowest BCUT2D eigenvalue weighted by Gasteiger charge is -2.12. The van der Waals surface area contributed by atoms with Crippen molar-refractivity contribution in [1.29, 1.82) is 0 Å². The molecule has 0 fully saturated rings. The molecule has 0 aliphatic carbocycles. The summed E-state index contributed by atoms with van der Waals surface area (Å²) in [5, 5.41) is 6.62. The summed E-state index contributed by atoms with van der Waals surface area (Å²) in [6.07, 6.45) is 4.47. The monoisotopic (exact) mass is 457 g/mol. The number of halogens is 1. The molecule has 5 nitrogen and oxygen atoms in total. The van der Waals surface area contributed by atoms with Gasteiger partial charge in [0.05, 0.1) is 12.9 Å². The maximum Gasteiger partial charge on any atom is 0.191 e. The summed E-state index contributed by atoms with van der Waals surface area (Å²) < 4.78 is 11.0. The first-order chi connectivity index (χ1) is 11.8. The van der Waals surface area contributed by atoms with E-state index in [1.54, 1.807) is 13.3 Å². The fourth-order valence-corrected chi connectivity index (χ4v) is 2.32. The first-order valence-electron chi connectivity index (χ1n) is 8.50. The second-order valence-corrected chi connectivity index (χ2v) is 5.50. The van der Waals surface area contributed by atoms with Crippen LogP contribution in [0.1, 0.15) is 24.7 Å². The largest absolute Gasteiger partial charge is 0.494 e. The third-order valence-electron chi connectivity index (χ3n) is 3.54. The van der Waals surface area contributed by atoms with Crippen LogP contribution >= 0.6 is 24.0 Å². The molecule has 0 unspecified atom stereocenters. The Morgan fingerprint density at radius 2 is 1.92 bits per heavy atom. The van der Waals surface area contributed by atoms with Crippen LogP contribution in [0.4, 0.5) is 0 Å². The molecule has 0 radical (unpaired) electrons. The number of nitrogens with zero attached hydrogens (tertiary/aromatic N) is 1. The lowest BCUT2D eigenvalue weighted by atomic mass is 10.1. The number of benzene rings is 1. The van der Waals surface area contributed by atoms with E-state index in [4.69, 9.17) is 9.15 Å². The van der Waals surface area contributed by atoms with Gasteiger partial charge in [-0.1, -0.05) is 19.1 Å². The Morgan fingerprint density at radius 3 is 2.60 bits per heavy atom. The van der Waals surface area contributed by atoms with E-state index in [9.17, 15) is 0 Å². The predicted octanol–water partition coefficient (Wildman–Crippen LogP) is 3.64. The molecule has 0 saturated heterocycles. The van der Waals surface area contributed by atoms with Crippen molar-refractivity contribution in [3.05, 3.63) is 54.0 Å². The minimum absolute atomic E-state index is 0. The molecule has 2 rings (SSSR count). The minimum Gasteiger partial charge on any atom is -0.494 e. The summed E-state index contributed by atoms with van der Waals surface area (Å²) in [5.41, 5.74) is 1.25. The third-order valence-corrected chi connectivity index (χ3v) is 3.54. The van der Waals surface area contributed by atoms with E-state index in [2.05, 4.69) is 34.7 Å². The number of nitrogens with one attached hydrogen (secondary N) is 2. The lowest BCUT2D eigenvalue weighted by molar-refractivity contribution is 0.317. The maximum atomic E-state index is 5.67. The van der Waals surface area contributed by atoms with Gasteiger partial charge in [0.1, 0.15) is 11.5 Å². The maximum absolute atomic E-state index is 5.67. The molecular formula is C19H28IN3O2. The molecule has 138 valence electrons. The zero-order valence-corrected chi connectivity index (χ0v) is 17.3. The Hall–Kier alpha value is -1.70. The molecule has 2 aromatic rings. The quantitative estimate of drug-likeness (QED) is 0.343. The average molecular weight is 457 g/mol. The lowest BCUT2D eigenvalue weighted by Crippen LogP contribution is -2.39. The Balaban J connectivity index is 0.00000312. The number of guanidine groups is 1. The zero-order chi connectivity index (χ0) is 17.0. The van der Waals surface area contributed by atoms with Gasteiger partial charge in [-0.25, -0.2) is 0 Å². The molecule has 0 spiro atoms. The van der Waals surface area contributed by atoms with Gasteiger partial charge in [0.25, 0.3) is 0 Å². The Bertz CT molecular complexity index is 615. The van der Waals surface area contributed by atoms with Crippen LogP contribution in [0.15, 0.2) is 52.1 Å². The predicted molar refractivity (Wildman–Crippen MR) is 113 cm³/mol. The number of aliphatic imine (C=N–C) groups is 1. The number of ether oxygens (including phenoxy) is 1. The average Bonchev–Trinajstić information content (AvgIpc) is 3.12. The van der Waals surface area contributed by atoms with Crippen molar-refractivity contribution in [2.75, 3.05) is 26.7 Å². The van der Waals surface area contributed by atoms with Crippen molar-refractivity contribution in [3.8, 4) is 5.75 Å². The van der Waals surface area contributed by atoms with Gasteiger partial charge in [-0.15, -0.1) is 24.0 Å². The Morgan fingerprint density at radius 1 is 1.12 bits per heavy atom. The van der Waals surface area contributed by atoms with Gasteiger partial charge in [-0.05, 0) is 42.7 Å². The van der Waals surface area contributed by atoms with Crippen LogP contribution in [0.3, 0.4) is 0 Å². The van der Waals surface area contributed by atoms with Crippen molar-refractivity contribution >= 4 is 29.9 Å². The fraction of sp³-hybridized carbons (Fsp3) is 0.421. The van der Waals surface area contributed by atoms with Gasteiger partial charge >= 0.3 is 0 Å². The van der Waals surface area contributed by atoms with Gasteiger partial charge in [0.2, 0.25) is 0 Å². The summed E-state index contributed by atoms with van der Waals surface area (Å²) in [5.74, 6) is 2.72. The topological polar surface area (TPSA) is 58.8 Å². The van der Waals surface area contributed by atoms with E-state index in [0.29, 0.717) is 0 Å². The molecule has 6 heteroatoms. The fourth-order valence-electron chi connectivity index (χ4n) is 2.32. The van der Waals surface area contributed by atoms with Crippen molar-refractivity contribution in [1.82, 2.24) is 10.6 Å². The molecule has 1 heterocycles. The summed E-state index contributed by atoms with van der Waals surface area (Å²) in [6, 6.07) is 12.1. The number of hydrogen-bond acceptors (Lipinski definition) is 3. The van der Waals surface area contributed by atoms with E-state index in [1.165, 1.54) is 5.56 Å². The standard InChI is InChI=1S/C19H27N3O2.HI/c1-3-13-23-18-7-4-6-16(15-18)9-11-21-19(20-2)22-12-10-17-8-5-14-24-17;/h4-8,14-15H,3,9-13H2,1-2H3,(H2,20,21,22);1H. The smallest absolute Gasteiger partial charge is 0.191 e. The molecule has 0 bridgehead atoms. The van der Waals surface area contributed by atoms with Crippen LogP contribution in [-0.2, 0) is 12.8 Å². The molecule has 2 N–H and O–H groups in total. The van der Waals surface area contributed by atoms with E-state index in [1.807, 2.05) is 24.3 Å². The van der Waals surface area contributed by atoms with Gasteiger partial charge in [-0.2, -0.15) is 0 Å². The summed E-state index contributed by atoms with van der Waals surface area (Å²) >= 11 is 0. The highest BCUT2D eigenvalue weighted by molar-refractivity contribution is 14.0. The van der Waals surface area contributed by atoms with Crippen molar-refractivity contribution < 1.29 is 9.15 Å². The van der Waals surface area contributed by atoms with Gasteiger partial charge < -0.3 is 19.8 Å². The molecule has 0 saturated carbocycles. The first-order valence-corrected chi connectivity index (χ1v) is 8.50. The number of hydrogen-bond donors (Lipinski definition) is 2. The SMILES string of the molecule is CCCOc1cccc(CCNC(=NC)NCCc2ccco2)c1.I. The van der Waals surface area contributed by atoms with E-state index in [-0.39, 0.29) is 24.0 Å². The highest BCUT2D eigenvalue weighted by Crippen LogP contribution is 2.13. The Kier molecular flexibility index (Phi) is 10.8. The van der Waals surface area contributed by atoms with Crippen molar-refractivity contribution in [2.45, 2.75) is 26.2 Å². The minimum atomic E-state index is 0. The second kappa shape index (κ2) is 12.6. The molecular weight excluding hydrogens is 429 g/mol. The Labute approximate surface area is 167 Å². The summed E-state index contributed by atoms with van der Waals surface area (Å²) in [7, 11) is 1.78. The molecule has 0 aliphatic rings. The van der Waals surface area contributed by atoms with E-state index < -0.39 is 0 Å². The van der Waals surface area contributed by atoms with E-state index in [0.717, 1.165) is 56.4 Å². The number of furan rings is 1. The highest BCUT2D eigenvalue weighted by Gasteiger charge is 2.01. The molecule has 1 aromatic carbocycles. The second-order valence-electron chi connectivity index (χ2n) is 5.50. The van der Waals surface area contributed by atoms with Crippen LogP contribution < -0.4 is 15.4 Å². The van der Waals surface area contributed by atoms with E-state index >= 15 is 0 Å². The van der Waals surface area contributed by atoms with Gasteiger partial charge in [-0.3, -0.25) is 4.99 Å². The van der Waals surface area contributed by atoms with Crippen LogP contribution in [0.25, 0.3) is 0 Å². The summed E-state index contributed by atoms with van der Waals surface area (Å²) in [6.45, 7) is 4.47. The molecule has 25 heavy (non-hydrogen) atoms. The third kappa shape index (κ3) is 8.29. The first kappa shape index (κ1) is 21.3. The highest BCUT2D eigenvalue weighted by atomic mass is 127. The van der Waals surface area contributed by atoms with Crippen molar-refractivity contribution in [3.63, 3.8) is 0 Å².